The van der Waals surface area contributed by atoms with Crippen molar-refractivity contribution in [2.75, 3.05) is 5.32 Å². The van der Waals surface area contributed by atoms with Gasteiger partial charge in [-0.25, -0.2) is 4.68 Å². The van der Waals surface area contributed by atoms with E-state index in [4.69, 9.17) is 11.6 Å². The van der Waals surface area contributed by atoms with Gasteiger partial charge in [-0.2, -0.15) is 5.10 Å². The number of carbonyl (C=O) groups is 1. The number of anilines is 1. The summed E-state index contributed by atoms with van der Waals surface area (Å²) in [7, 11) is 0. The van der Waals surface area contributed by atoms with Gasteiger partial charge in [0.2, 0.25) is 0 Å². The number of carbonyl (C=O) groups excluding carboxylic acids is 1. The fourth-order valence-electron chi connectivity index (χ4n) is 2.44. The molecule has 0 saturated carbocycles. The monoisotopic (exact) mass is 341 g/mol. The predicted molar refractivity (Wildman–Crippen MR) is 94.1 cm³/mol. The fraction of sp³-hybridized carbons (Fsp3) is 0.111. The SMILES string of the molecule is Cc1ccc(NC(=O)c2cnn(-c3cccc(Cl)c3)c2C)c(O)c1. The highest BCUT2D eigenvalue weighted by atomic mass is 35.5. The summed E-state index contributed by atoms with van der Waals surface area (Å²) < 4.78 is 1.65. The van der Waals surface area contributed by atoms with Gasteiger partial charge in [0.1, 0.15) is 5.75 Å². The van der Waals surface area contributed by atoms with Gasteiger partial charge in [0.05, 0.1) is 28.8 Å². The second-order valence-electron chi connectivity index (χ2n) is 5.51. The number of aromatic nitrogens is 2. The molecule has 3 aromatic rings. The Labute approximate surface area is 144 Å². The summed E-state index contributed by atoms with van der Waals surface area (Å²) in [5.41, 5.74) is 3.16. The van der Waals surface area contributed by atoms with Crippen LogP contribution in [-0.2, 0) is 0 Å². The molecule has 0 atom stereocenters. The lowest BCUT2D eigenvalue weighted by molar-refractivity contribution is 0.102. The van der Waals surface area contributed by atoms with Gasteiger partial charge in [-0.3, -0.25) is 4.79 Å². The number of aromatic hydroxyl groups is 1. The van der Waals surface area contributed by atoms with E-state index < -0.39 is 0 Å². The molecule has 122 valence electrons. The minimum absolute atomic E-state index is 0.0308. The third kappa shape index (κ3) is 3.12. The third-order valence-corrected chi connectivity index (χ3v) is 3.94. The van der Waals surface area contributed by atoms with Gasteiger partial charge in [-0.1, -0.05) is 23.7 Å². The van der Waals surface area contributed by atoms with Crippen molar-refractivity contribution in [1.82, 2.24) is 9.78 Å². The number of benzene rings is 2. The molecule has 1 heterocycles. The molecule has 1 amide bonds. The van der Waals surface area contributed by atoms with Crippen LogP contribution < -0.4 is 5.32 Å². The average Bonchev–Trinajstić information content (AvgIpc) is 2.92. The van der Waals surface area contributed by atoms with Gasteiger partial charge >= 0.3 is 0 Å². The standard InChI is InChI=1S/C18H16ClN3O2/c1-11-6-7-16(17(23)8-11)21-18(24)15-10-20-22(12(15)2)14-5-3-4-13(19)9-14/h3-10,23H,1-2H3,(H,21,24). The highest BCUT2D eigenvalue weighted by molar-refractivity contribution is 6.30. The minimum Gasteiger partial charge on any atom is -0.506 e. The minimum atomic E-state index is -0.333. The molecule has 24 heavy (non-hydrogen) atoms. The van der Waals surface area contributed by atoms with E-state index in [9.17, 15) is 9.90 Å². The topological polar surface area (TPSA) is 67.2 Å². The highest BCUT2D eigenvalue weighted by Crippen LogP contribution is 2.25. The zero-order chi connectivity index (χ0) is 17.3. The molecular weight excluding hydrogens is 326 g/mol. The number of hydrogen-bond donors (Lipinski definition) is 2. The van der Waals surface area contributed by atoms with Crippen LogP contribution in [0, 0.1) is 13.8 Å². The maximum absolute atomic E-state index is 12.5. The molecule has 0 aliphatic heterocycles. The number of phenolic OH excluding ortho intramolecular Hbond substituents is 1. The van der Waals surface area contributed by atoms with Crippen LogP contribution in [0.4, 0.5) is 5.69 Å². The molecule has 2 N–H and O–H groups in total. The maximum Gasteiger partial charge on any atom is 0.259 e. The van der Waals surface area contributed by atoms with Gasteiger partial charge in [-0.15, -0.1) is 0 Å². The highest BCUT2D eigenvalue weighted by Gasteiger charge is 2.16. The molecule has 0 saturated heterocycles. The van der Waals surface area contributed by atoms with Crippen molar-refractivity contribution in [3.63, 3.8) is 0 Å². The van der Waals surface area contributed by atoms with Crippen molar-refractivity contribution in [2.45, 2.75) is 13.8 Å². The largest absolute Gasteiger partial charge is 0.506 e. The first-order chi connectivity index (χ1) is 11.5. The van der Waals surface area contributed by atoms with E-state index in [2.05, 4.69) is 10.4 Å². The molecule has 0 aliphatic rings. The van der Waals surface area contributed by atoms with Crippen LogP contribution >= 0.6 is 11.6 Å². The van der Waals surface area contributed by atoms with Crippen LogP contribution in [0.5, 0.6) is 5.75 Å². The van der Waals surface area contributed by atoms with Crippen molar-refractivity contribution in [1.29, 1.82) is 0 Å². The lowest BCUT2D eigenvalue weighted by atomic mass is 10.2. The van der Waals surface area contributed by atoms with Crippen molar-refractivity contribution < 1.29 is 9.90 Å². The van der Waals surface area contributed by atoms with Crippen molar-refractivity contribution in [2.24, 2.45) is 0 Å². The Morgan fingerprint density at radius 3 is 2.71 bits per heavy atom. The van der Waals surface area contributed by atoms with Crippen LogP contribution in [0.15, 0.2) is 48.7 Å². The molecule has 3 rings (SSSR count). The van der Waals surface area contributed by atoms with E-state index in [-0.39, 0.29) is 11.7 Å². The van der Waals surface area contributed by atoms with Crippen molar-refractivity contribution in [3.8, 4) is 11.4 Å². The van der Waals surface area contributed by atoms with Crippen LogP contribution in [0.1, 0.15) is 21.6 Å². The second-order valence-corrected chi connectivity index (χ2v) is 5.95. The molecule has 0 fully saturated rings. The molecule has 0 aliphatic carbocycles. The Morgan fingerprint density at radius 1 is 1.21 bits per heavy atom. The number of hydrogen-bond acceptors (Lipinski definition) is 3. The zero-order valence-electron chi connectivity index (χ0n) is 13.2. The molecule has 0 spiro atoms. The molecule has 5 nitrogen and oxygen atoms in total. The molecule has 6 heteroatoms. The number of phenols is 1. The Balaban J connectivity index is 1.89. The first-order valence-corrected chi connectivity index (χ1v) is 7.75. The number of aryl methyl sites for hydroxylation is 1. The number of nitrogens with one attached hydrogen (secondary N) is 1. The normalized spacial score (nSPS) is 10.6. The summed E-state index contributed by atoms with van der Waals surface area (Å²) in [6.45, 7) is 3.67. The van der Waals surface area contributed by atoms with E-state index in [1.807, 2.05) is 25.1 Å². The Hall–Kier alpha value is -2.79. The molecule has 1 aromatic heterocycles. The van der Waals surface area contributed by atoms with Gasteiger partial charge in [-0.05, 0) is 49.7 Å². The molecule has 0 bridgehead atoms. The summed E-state index contributed by atoms with van der Waals surface area (Å²) in [6.07, 6.45) is 1.50. The van der Waals surface area contributed by atoms with Gasteiger partial charge < -0.3 is 10.4 Å². The van der Waals surface area contributed by atoms with E-state index in [1.54, 1.807) is 35.9 Å². The number of amides is 1. The summed E-state index contributed by atoms with van der Waals surface area (Å²) in [6, 6.07) is 12.3. The summed E-state index contributed by atoms with van der Waals surface area (Å²) in [4.78, 5) is 12.5. The van der Waals surface area contributed by atoms with Crippen molar-refractivity contribution >= 4 is 23.2 Å². The number of halogens is 1. The summed E-state index contributed by atoms with van der Waals surface area (Å²) >= 11 is 6.01. The average molecular weight is 342 g/mol. The van der Waals surface area contributed by atoms with E-state index >= 15 is 0 Å². The zero-order valence-corrected chi connectivity index (χ0v) is 14.0. The smallest absolute Gasteiger partial charge is 0.259 e. The molecule has 2 aromatic carbocycles. The first kappa shape index (κ1) is 16.1. The van der Waals surface area contributed by atoms with Crippen LogP contribution in [0.3, 0.4) is 0 Å². The quantitative estimate of drug-likeness (QED) is 0.705. The van der Waals surface area contributed by atoms with Gasteiger partial charge in [0.25, 0.3) is 5.91 Å². The Kier molecular flexibility index (Phi) is 4.27. The van der Waals surface area contributed by atoms with E-state index in [0.717, 1.165) is 11.3 Å². The molecular formula is C18H16ClN3O2. The lowest BCUT2D eigenvalue weighted by Crippen LogP contribution is -2.13. The van der Waals surface area contributed by atoms with Crippen LogP contribution in [-0.4, -0.2) is 20.8 Å². The van der Waals surface area contributed by atoms with Crippen molar-refractivity contribution in [3.05, 3.63) is 70.5 Å². The summed E-state index contributed by atoms with van der Waals surface area (Å²) in [5.74, 6) is -0.303. The summed E-state index contributed by atoms with van der Waals surface area (Å²) in [5, 5.41) is 17.5. The maximum atomic E-state index is 12.5. The lowest BCUT2D eigenvalue weighted by Gasteiger charge is -2.08. The molecule has 0 unspecified atom stereocenters. The second kappa shape index (κ2) is 6.37. The van der Waals surface area contributed by atoms with Gasteiger partial charge in [0.15, 0.2) is 0 Å². The fourth-order valence-corrected chi connectivity index (χ4v) is 2.62. The predicted octanol–water partition coefficient (Wildman–Crippen LogP) is 4.10. The third-order valence-electron chi connectivity index (χ3n) is 3.71. The van der Waals surface area contributed by atoms with Crippen LogP contribution in [0.25, 0.3) is 5.69 Å². The van der Waals surface area contributed by atoms with Crippen LogP contribution in [0.2, 0.25) is 5.02 Å². The Morgan fingerprint density at radius 2 is 2.00 bits per heavy atom. The molecule has 0 radical (unpaired) electrons. The number of nitrogens with zero attached hydrogens (tertiary/aromatic N) is 2. The van der Waals surface area contributed by atoms with E-state index in [0.29, 0.717) is 22.0 Å². The number of rotatable bonds is 3. The first-order valence-electron chi connectivity index (χ1n) is 7.37. The Bertz CT molecular complexity index is 918. The van der Waals surface area contributed by atoms with E-state index in [1.165, 1.54) is 6.20 Å². The van der Waals surface area contributed by atoms with Gasteiger partial charge in [0, 0.05) is 5.02 Å².